The number of fused-ring (bicyclic) bond motifs is 10. The maximum atomic E-state index is 2.61. The first-order chi connectivity index (χ1) is 25.6. The van der Waals surface area contributed by atoms with Gasteiger partial charge in [-0.15, -0.1) is 0 Å². The molecule has 0 bridgehead atoms. The van der Waals surface area contributed by atoms with E-state index in [1.54, 1.807) is 16.7 Å². The highest BCUT2D eigenvalue weighted by Crippen LogP contribution is 2.81. The Morgan fingerprint density at radius 1 is 0.442 bits per heavy atom. The fourth-order valence-corrected chi connectivity index (χ4v) is 13.5. The first-order valence-corrected chi connectivity index (χ1v) is 20.0. The topological polar surface area (TPSA) is 3.24 Å². The summed E-state index contributed by atoms with van der Waals surface area (Å²) in [4.78, 5) is 2.51. The third-order valence-electron chi connectivity index (χ3n) is 16.1. The average molecular weight is 672 g/mol. The molecule has 2 spiro atoms. The van der Waals surface area contributed by atoms with Crippen LogP contribution in [0.25, 0.3) is 22.3 Å². The van der Waals surface area contributed by atoms with Crippen LogP contribution in [0.2, 0.25) is 0 Å². The number of hydrogen-bond acceptors (Lipinski definition) is 1. The highest BCUT2D eigenvalue weighted by Gasteiger charge is 2.75. The van der Waals surface area contributed by atoms with Crippen LogP contribution in [0.1, 0.15) is 86.1 Å². The van der Waals surface area contributed by atoms with Crippen LogP contribution in [0.4, 0.5) is 17.1 Å². The zero-order valence-electron chi connectivity index (χ0n) is 30.1. The molecule has 0 saturated heterocycles. The Hall–Kier alpha value is -4.88. The van der Waals surface area contributed by atoms with Gasteiger partial charge in [0.25, 0.3) is 0 Å². The van der Waals surface area contributed by atoms with Gasteiger partial charge in [0.2, 0.25) is 0 Å². The number of hydrogen-bond donors (Lipinski definition) is 0. The molecule has 2 atom stereocenters. The lowest BCUT2D eigenvalue weighted by Crippen LogP contribution is -2.68. The van der Waals surface area contributed by atoms with Crippen LogP contribution in [0.5, 0.6) is 0 Å². The van der Waals surface area contributed by atoms with Crippen LogP contribution in [-0.2, 0) is 16.2 Å². The van der Waals surface area contributed by atoms with Gasteiger partial charge in [0.1, 0.15) is 0 Å². The summed E-state index contributed by atoms with van der Waals surface area (Å²) in [5.41, 5.74) is 18.2. The third-order valence-corrected chi connectivity index (χ3v) is 16.1. The van der Waals surface area contributed by atoms with Crippen molar-refractivity contribution in [1.82, 2.24) is 0 Å². The van der Waals surface area contributed by atoms with Crippen LogP contribution in [0, 0.1) is 17.3 Å². The Bertz CT molecular complexity index is 2350. The molecular weight excluding hydrogens is 627 g/mol. The monoisotopic (exact) mass is 671 g/mol. The number of anilines is 3. The van der Waals surface area contributed by atoms with Gasteiger partial charge in [-0.25, -0.2) is 0 Å². The van der Waals surface area contributed by atoms with E-state index in [0.29, 0.717) is 10.8 Å². The molecule has 4 saturated carbocycles. The van der Waals surface area contributed by atoms with E-state index in [0.717, 1.165) is 37.5 Å². The number of benzene rings is 6. The van der Waals surface area contributed by atoms with Gasteiger partial charge in [-0.3, -0.25) is 0 Å². The van der Waals surface area contributed by atoms with E-state index in [1.807, 2.05) is 0 Å². The summed E-state index contributed by atoms with van der Waals surface area (Å²) >= 11 is 0. The molecule has 12 rings (SSSR count). The maximum absolute atomic E-state index is 2.61. The van der Waals surface area contributed by atoms with Gasteiger partial charge < -0.3 is 4.90 Å². The molecule has 0 amide bonds. The average Bonchev–Trinajstić information content (AvgIpc) is 3.59. The molecule has 52 heavy (non-hydrogen) atoms. The second kappa shape index (κ2) is 10.2. The van der Waals surface area contributed by atoms with E-state index in [4.69, 9.17) is 0 Å². The molecule has 4 fully saturated rings. The molecule has 6 aliphatic rings. The van der Waals surface area contributed by atoms with Crippen molar-refractivity contribution in [2.75, 3.05) is 4.90 Å². The molecule has 0 aliphatic heterocycles. The van der Waals surface area contributed by atoms with E-state index >= 15 is 0 Å². The molecule has 6 aromatic carbocycles. The Morgan fingerprint density at radius 2 is 0.885 bits per heavy atom. The van der Waals surface area contributed by atoms with Gasteiger partial charge in [-0.05, 0) is 155 Å². The van der Waals surface area contributed by atoms with E-state index in [1.165, 1.54) is 76.1 Å². The summed E-state index contributed by atoms with van der Waals surface area (Å²) < 4.78 is 0. The van der Waals surface area contributed by atoms with E-state index in [9.17, 15) is 0 Å². The summed E-state index contributed by atoms with van der Waals surface area (Å²) in [6, 6.07) is 56.1. The van der Waals surface area contributed by atoms with Crippen molar-refractivity contribution in [3.63, 3.8) is 0 Å². The second-order valence-electron chi connectivity index (χ2n) is 17.5. The standard InChI is InChI=1S/C51H45N/c1-48-35-19-20-36(48)33-51(48,32-35)34-21-23-38(24-22-34)52(37-11-3-2-4-12-37)39-25-26-43-42-15-7-10-18-46(42)50(47(43)31-39)29-27-49(28-30-50)44-16-8-5-13-40(44)41-14-6-9-17-45(41)49/h2-18,21-26,31,35-36H,19-20,27-30,32-33H2,1H3. The Morgan fingerprint density at radius 3 is 1.44 bits per heavy atom. The first-order valence-electron chi connectivity index (χ1n) is 20.0. The van der Waals surface area contributed by atoms with Crippen LogP contribution in [0.15, 0.2) is 146 Å². The molecule has 0 aromatic heterocycles. The summed E-state index contributed by atoms with van der Waals surface area (Å²) in [5.74, 6) is 1.89. The SMILES string of the molecule is CC12C3CCC1CC2(c1ccc(N(c2ccccc2)c2ccc4c(c2)C2(CCC5(CC2)c2ccccc2-c2ccccc25)c2ccccc2-4)cc1)C3. The van der Waals surface area contributed by atoms with Crippen LogP contribution < -0.4 is 4.90 Å². The minimum Gasteiger partial charge on any atom is -0.310 e. The second-order valence-corrected chi connectivity index (χ2v) is 17.5. The van der Waals surface area contributed by atoms with E-state index < -0.39 is 0 Å². The number of rotatable bonds is 4. The van der Waals surface area contributed by atoms with Crippen molar-refractivity contribution in [2.45, 2.75) is 74.5 Å². The normalized spacial score (nSPS) is 27.2. The van der Waals surface area contributed by atoms with E-state index in [2.05, 4.69) is 157 Å². The van der Waals surface area contributed by atoms with Gasteiger partial charge in [-0.2, -0.15) is 0 Å². The minimum atomic E-state index is 0.00327. The third kappa shape index (κ3) is 3.47. The highest BCUT2D eigenvalue weighted by atomic mass is 15.1. The van der Waals surface area contributed by atoms with Gasteiger partial charge in [0, 0.05) is 33.3 Å². The van der Waals surface area contributed by atoms with Gasteiger partial charge in [-0.1, -0.05) is 116 Å². The molecule has 0 N–H and O–H groups in total. The fourth-order valence-electron chi connectivity index (χ4n) is 13.5. The molecule has 1 nitrogen and oxygen atoms in total. The van der Waals surface area contributed by atoms with Crippen molar-refractivity contribution in [1.29, 1.82) is 0 Å². The molecular formula is C51H45N. The van der Waals surface area contributed by atoms with Gasteiger partial charge in [0.05, 0.1) is 0 Å². The van der Waals surface area contributed by atoms with Crippen molar-refractivity contribution in [2.24, 2.45) is 17.3 Å². The Balaban J connectivity index is 0.956. The lowest BCUT2D eigenvalue weighted by molar-refractivity contribution is -0.176. The van der Waals surface area contributed by atoms with Crippen LogP contribution in [0.3, 0.4) is 0 Å². The minimum absolute atomic E-state index is 0.00327. The van der Waals surface area contributed by atoms with Crippen molar-refractivity contribution < 1.29 is 0 Å². The maximum Gasteiger partial charge on any atom is 0.0465 e. The lowest BCUT2D eigenvalue weighted by atomic mass is 9.31. The molecule has 6 aliphatic carbocycles. The molecule has 0 heterocycles. The molecule has 6 aromatic rings. The number of nitrogens with zero attached hydrogens (tertiary/aromatic N) is 1. The molecule has 254 valence electrons. The Labute approximate surface area is 308 Å². The summed E-state index contributed by atoms with van der Waals surface area (Å²) in [5, 5.41) is 0. The largest absolute Gasteiger partial charge is 0.310 e. The smallest absolute Gasteiger partial charge is 0.0465 e. The van der Waals surface area contributed by atoms with Gasteiger partial charge in [0.15, 0.2) is 0 Å². The summed E-state index contributed by atoms with van der Waals surface area (Å²) in [6.07, 6.45) is 10.3. The highest BCUT2D eigenvalue weighted by molar-refractivity contribution is 5.87. The fraction of sp³-hybridized carbons (Fsp3) is 0.294. The number of para-hydroxylation sites is 1. The first kappa shape index (κ1) is 29.7. The van der Waals surface area contributed by atoms with Crippen molar-refractivity contribution >= 4 is 17.1 Å². The predicted octanol–water partition coefficient (Wildman–Crippen LogP) is 13.0. The quantitative estimate of drug-likeness (QED) is 0.180. The van der Waals surface area contributed by atoms with Crippen LogP contribution in [-0.4, -0.2) is 0 Å². The Kier molecular flexibility index (Phi) is 5.80. The van der Waals surface area contributed by atoms with Crippen molar-refractivity contribution in [3.05, 3.63) is 173 Å². The van der Waals surface area contributed by atoms with Crippen LogP contribution >= 0.6 is 0 Å². The van der Waals surface area contributed by atoms with E-state index in [-0.39, 0.29) is 10.8 Å². The molecule has 1 heteroatoms. The predicted molar refractivity (Wildman–Crippen MR) is 214 cm³/mol. The summed E-state index contributed by atoms with van der Waals surface area (Å²) in [7, 11) is 0. The lowest BCUT2D eigenvalue weighted by Gasteiger charge is -2.72. The zero-order valence-corrected chi connectivity index (χ0v) is 30.1. The van der Waals surface area contributed by atoms with Gasteiger partial charge >= 0.3 is 0 Å². The molecule has 0 radical (unpaired) electrons. The zero-order chi connectivity index (χ0) is 34.3. The molecule has 2 unspecified atom stereocenters. The van der Waals surface area contributed by atoms with Crippen molar-refractivity contribution in [3.8, 4) is 22.3 Å². The summed E-state index contributed by atoms with van der Waals surface area (Å²) in [6.45, 7) is 2.61.